The molecule has 3 rings (SSSR count). The summed E-state index contributed by atoms with van der Waals surface area (Å²) < 4.78 is 17.7. The standard InChI is InChI=1S/C60H97N11O13/c1-16-36(6)50(46(82-14)32-47(72)71-31-21-25-45(71)52(83-15)37(7)53(74)64-38(8)51(73)42-22-18-17-19-23-42)69(12)58(79)48(34(2)3)68-57(78)49(35(4)5)70(13)60(81)84-33-41-26-28-43(29-27-41)66-56(77)44(24-20-30-63-59(61)80)67-55(76)40(10)65-54(75)39(9)62-11/h17-19,22-23,26-29,34-40,44-46,48-52,62,73H,16,20-21,24-25,30-33H2,1-15H3,(H,64,74)(H,65,75)(H,66,77)(H,67,76)(H,68,78)(H3,61,63,80)/t36-,37+,38+,39+,40-,44-,45-,46+,48-,49-,50-,51+,52+/m0/s1. The summed E-state index contributed by atoms with van der Waals surface area (Å²) in [5.74, 6) is -4.79. The van der Waals surface area contributed by atoms with Crippen molar-refractivity contribution in [3.05, 3.63) is 65.7 Å². The van der Waals surface area contributed by atoms with Crippen molar-refractivity contribution in [3.63, 3.8) is 0 Å². The van der Waals surface area contributed by atoms with Gasteiger partial charge < -0.3 is 72.1 Å². The smallest absolute Gasteiger partial charge is 0.410 e. The number of hydrogen-bond donors (Lipinski definition) is 9. The topological polar surface area (TPSA) is 321 Å². The van der Waals surface area contributed by atoms with E-state index < -0.39 is 126 Å². The van der Waals surface area contributed by atoms with Gasteiger partial charge in [0.2, 0.25) is 41.4 Å². The van der Waals surface area contributed by atoms with Crippen molar-refractivity contribution in [2.24, 2.45) is 29.4 Å². The van der Waals surface area contributed by atoms with Crippen molar-refractivity contribution < 1.29 is 62.5 Å². The van der Waals surface area contributed by atoms with E-state index in [9.17, 15) is 48.3 Å². The van der Waals surface area contributed by atoms with E-state index in [-0.39, 0.29) is 50.1 Å². The molecule has 1 aliphatic heterocycles. The number of carbonyl (C=O) groups is 9. The van der Waals surface area contributed by atoms with E-state index in [2.05, 4.69) is 37.2 Å². The number of nitrogens with zero attached hydrogens (tertiary/aromatic N) is 3. The number of likely N-dealkylation sites (tertiary alicyclic amines) is 1. The fraction of sp³-hybridized carbons (Fsp3) is 0.650. The van der Waals surface area contributed by atoms with Gasteiger partial charge in [0.1, 0.15) is 30.8 Å². The molecule has 1 heterocycles. The first-order valence-corrected chi connectivity index (χ1v) is 29.2. The molecular weight excluding hydrogens is 1080 g/mol. The van der Waals surface area contributed by atoms with Crippen molar-refractivity contribution in [3.8, 4) is 0 Å². The van der Waals surface area contributed by atoms with Crippen LogP contribution in [0, 0.1) is 23.7 Å². The maximum Gasteiger partial charge on any atom is 0.410 e. The predicted molar refractivity (Wildman–Crippen MR) is 318 cm³/mol. The Bertz CT molecular complexity index is 2470. The Morgan fingerprint density at radius 2 is 1.38 bits per heavy atom. The Kier molecular flexibility index (Phi) is 29.6. The Balaban J connectivity index is 1.70. The molecule has 2 aromatic rings. The van der Waals surface area contributed by atoms with Crippen LogP contribution < -0.4 is 43.0 Å². The molecule has 0 unspecified atom stereocenters. The molecule has 0 aliphatic carbocycles. The molecule has 0 spiro atoms. The molecule has 0 bridgehead atoms. The van der Waals surface area contributed by atoms with Gasteiger partial charge in [0, 0.05) is 47.1 Å². The van der Waals surface area contributed by atoms with E-state index in [4.69, 9.17) is 19.9 Å². The number of hydrogen-bond acceptors (Lipinski definition) is 14. The highest BCUT2D eigenvalue weighted by Gasteiger charge is 2.44. The molecule has 1 saturated heterocycles. The Morgan fingerprint density at radius 1 is 0.750 bits per heavy atom. The average Bonchev–Trinajstić information content (AvgIpc) is 3.98. The number of nitrogens with one attached hydrogen (secondary N) is 7. The van der Waals surface area contributed by atoms with Gasteiger partial charge in [0.15, 0.2) is 0 Å². The molecule has 13 atom stereocenters. The van der Waals surface area contributed by atoms with Crippen LogP contribution in [0.2, 0.25) is 0 Å². The first-order valence-electron chi connectivity index (χ1n) is 29.2. The lowest BCUT2D eigenvalue weighted by Crippen LogP contribution is -2.60. The number of aliphatic hydroxyl groups excluding tert-OH is 1. The van der Waals surface area contributed by atoms with Gasteiger partial charge in [0.25, 0.3) is 0 Å². The number of amides is 10. The third-order valence-electron chi connectivity index (χ3n) is 15.8. The molecular formula is C60H97N11O13. The Labute approximate surface area is 496 Å². The summed E-state index contributed by atoms with van der Waals surface area (Å²) in [5.41, 5.74) is 6.76. The maximum absolute atomic E-state index is 14.7. The van der Waals surface area contributed by atoms with Crippen LogP contribution in [0.4, 0.5) is 15.3 Å². The molecule has 2 aromatic carbocycles. The van der Waals surface area contributed by atoms with Crippen molar-refractivity contribution in [2.45, 2.75) is 181 Å². The highest BCUT2D eigenvalue weighted by Crippen LogP contribution is 2.30. The lowest BCUT2D eigenvalue weighted by Gasteiger charge is -2.41. The van der Waals surface area contributed by atoms with Gasteiger partial charge in [0.05, 0.1) is 54.8 Å². The van der Waals surface area contributed by atoms with Gasteiger partial charge in [-0.1, -0.05) is 97.4 Å². The number of anilines is 1. The number of rotatable bonds is 33. The van der Waals surface area contributed by atoms with Crippen LogP contribution in [0.3, 0.4) is 0 Å². The molecule has 10 N–H and O–H groups in total. The quantitative estimate of drug-likeness (QED) is 0.0462. The summed E-state index contributed by atoms with van der Waals surface area (Å²) in [6.45, 7) is 18.1. The number of primary amides is 1. The van der Waals surface area contributed by atoms with Gasteiger partial charge >= 0.3 is 12.1 Å². The van der Waals surface area contributed by atoms with Gasteiger partial charge in [-0.25, -0.2) is 9.59 Å². The van der Waals surface area contributed by atoms with Crippen LogP contribution in [-0.4, -0.2) is 182 Å². The molecule has 0 aromatic heterocycles. The number of urea groups is 1. The lowest BCUT2D eigenvalue weighted by molar-refractivity contribution is -0.148. The molecule has 1 aliphatic rings. The Hall–Kier alpha value is -6.89. The second kappa shape index (κ2) is 34.8. The average molecular weight is 1180 g/mol. The number of aliphatic hydroxyl groups is 1. The van der Waals surface area contributed by atoms with Gasteiger partial charge in [-0.3, -0.25) is 38.5 Å². The zero-order valence-corrected chi connectivity index (χ0v) is 52.0. The largest absolute Gasteiger partial charge is 0.445 e. The van der Waals surface area contributed by atoms with E-state index in [1.807, 2.05) is 32.0 Å². The van der Waals surface area contributed by atoms with E-state index in [1.54, 1.807) is 109 Å². The molecule has 470 valence electrons. The van der Waals surface area contributed by atoms with Gasteiger partial charge in [-0.15, -0.1) is 0 Å². The zero-order chi connectivity index (χ0) is 63.1. The van der Waals surface area contributed by atoms with Crippen LogP contribution in [0.5, 0.6) is 0 Å². The van der Waals surface area contributed by atoms with Crippen molar-refractivity contribution in [1.82, 2.24) is 46.6 Å². The van der Waals surface area contributed by atoms with E-state index >= 15 is 0 Å². The second-order valence-corrected chi connectivity index (χ2v) is 22.7. The fourth-order valence-corrected chi connectivity index (χ4v) is 10.5. The number of methoxy groups -OCH3 is 2. The van der Waals surface area contributed by atoms with Crippen molar-refractivity contribution in [1.29, 1.82) is 0 Å². The molecule has 10 amide bonds. The lowest BCUT2D eigenvalue weighted by atomic mass is 9.89. The summed E-state index contributed by atoms with van der Waals surface area (Å²) in [4.78, 5) is 125. The van der Waals surface area contributed by atoms with Crippen LogP contribution in [-0.2, 0) is 54.4 Å². The summed E-state index contributed by atoms with van der Waals surface area (Å²) in [6, 6.07) is 8.40. The van der Waals surface area contributed by atoms with Gasteiger partial charge in [-0.05, 0) is 94.5 Å². The second-order valence-electron chi connectivity index (χ2n) is 22.7. The summed E-state index contributed by atoms with van der Waals surface area (Å²) in [5, 5.41) is 30.1. The highest BCUT2D eigenvalue weighted by molar-refractivity contribution is 5.98. The van der Waals surface area contributed by atoms with Crippen LogP contribution >= 0.6 is 0 Å². The minimum Gasteiger partial charge on any atom is -0.445 e. The van der Waals surface area contributed by atoms with Crippen LogP contribution in [0.25, 0.3) is 0 Å². The molecule has 24 heteroatoms. The third-order valence-corrected chi connectivity index (χ3v) is 15.8. The summed E-state index contributed by atoms with van der Waals surface area (Å²) in [6.07, 6.45) is -0.923. The van der Waals surface area contributed by atoms with Crippen molar-refractivity contribution in [2.75, 3.05) is 53.8 Å². The van der Waals surface area contributed by atoms with Crippen LogP contribution in [0.1, 0.15) is 125 Å². The molecule has 1 fully saturated rings. The molecule has 84 heavy (non-hydrogen) atoms. The summed E-state index contributed by atoms with van der Waals surface area (Å²) >= 11 is 0. The summed E-state index contributed by atoms with van der Waals surface area (Å²) in [7, 11) is 7.70. The van der Waals surface area contributed by atoms with E-state index in [0.29, 0.717) is 42.6 Å². The van der Waals surface area contributed by atoms with E-state index in [1.165, 1.54) is 33.1 Å². The number of likely N-dealkylation sites (N-methyl/N-ethyl adjacent to an activating group) is 3. The van der Waals surface area contributed by atoms with Crippen molar-refractivity contribution >= 4 is 59.2 Å². The maximum atomic E-state index is 14.7. The highest BCUT2D eigenvalue weighted by atomic mass is 16.6. The first-order chi connectivity index (χ1) is 39.6. The van der Waals surface area contributed by atoms with Crippen LogP contribution in [0.15, 0.2) is 54.6 Å². The number of ether oxygens (including phenoxy) is 3. The number of benzene rings is 2. The zero-order valence-electron chi connectivity index (χ0n) is 52.0. The predicted octanol–water partition coefficient (Wildman–Crippen LogP) is 3.56. The monoisotopic (exact) mass is 1180 g/mol. The molecule has 0 saturated carbocycles. The fourth-order valence-electron chi connectivity index (χ4n) is 10.5. The first kappa shape index (κ1) is 71.4. The Morgan fingerprint density at radius 3 is 1.94 bits per heavy atom. The molecule has 24 nitrogen and oxygen atoms in total. The molecule has 0 radical (unpaired) electrons. The third kappa shape index (κ3) is 20.7. The van der Waals surface area contributed by atoms with Gasteiger partial charge in [-0.2, -0.15) is 0 Å². The number of nitrogens with two attached hydrogens (primary N) is 1. The minimum atomic E-state index is -1.07. The minimum absolute atomic E-state index is 0.0825. The SMILES string of the molecule is CC[C@H](C)[C@@H]([C@@H](CC(=O)N1CCC[C@H]1[C@H](OC)[C@@H](C)C(=O)N[C@H](C)[C@@H](O)c1ccccc1)OC)N(C)C(=O)[C@@H](NC(=O)[C@H](C(C)C)N(C)C(=O)OCc1ccc(NC(=O)[C@H](CCCNC(N)=O)NC(=O)[C@H](C)NC(=O)[C@@H](C)NC)cc1)C(C)C. The van der Waals surface area contributed by atoms with E-state index in [0.717, 1.165) is 0 Å². The normalized spacial score (nSPS) is 17.5. The number of carbonyl (C=O) groups excluding carboxylic acids is 9.